The second-order valence-corrected chi connectivity index (χ2v) is 7.75. The number of ether oxygens (including phenoxy) is 1. The van der Waals surface area contributed by atoms with E-state index >= 15 is 0 Å². The maximum Gasteiger partial charge on any atom is 0.319 e. The predicted octanol–water partition coefficient (Wildman–Crippen LogP) is 1.46. The van der Waals surface area contributed by atoms with Crippen LogP contribution in [0.4, 0.5) is 18.6 Å². The number of rotatable bonds is 13. The molecular formula is C20H27F2N5O5S. The summed E-state index contributed by atoms with van der Waals surface area (Å²) in [6.07, 6.45) is -0.562. The van der Waals surface area contributed by atoms with Crippen molar-refractivity contribution in [3.05, 3.63) is 41.0 Å². The molecule has 0 aliphatic heterocycles. The number of hydrogen-bond donors (Lipinski definition) is 5. The van der Waals surface area contributed by atoms with Crippen LogP contribution in [0.15, 0.2) is 18.2 Å². The van der Waals surface area contributed by atoms with Gasteiger partial charge in [0.15, 0.2) is 0 Å². The number of anilines is 1. The van der Waals surface area contributed by atoms with Crippen LogP contribution in [0, 0.1) is 11.6 Å². The summed E-state index contributed by atoms with van der Waals surface area (Å²) in [5.74, 6) is -2.80. The number of halogens is 2. The van der Waals surface area contributed by atoms with Crippen LogP contribution in [0.3, 0.4) is 0 Å². The molecule has 0 saturated heterocycles. The minimum absolute atomic E-state index is 0.0263. The van der Waals surface area contributed by atoms with Crippen molar-refractivity contribution in [3.63, 3.8) is 0 Å². The minimum Gasteiger partial charge on any atom is -0.468 e. The molecule has 6 N–H and O–H groups in total. The Morgan fingerprint density at radius 1 is 1.21 bits per heavy atom. The standard InChI is InChI=1S/C20H27F2N5O5S/c1-12(15-13(21)4-2-5-14(15)22)32-18-16(17(23)30)19(33-26-18)25-20(31)24-6-3-7-27(8-10-28)9-11-29/h2,4-5,12,28-29H,3,6-11H2,1H3,(H2,23,30)(H2,24,25,31). The molecule has 182 valence electrons. The van der Waals surface area contributed by atoms with E-state index in [-0.39, 0.29) is 41.8 Å². The summed E-state index contributed by atoms with van der Waals surface area (Å²) in [5.41, 5.74) is 4.86. The van der Waals surface area contributed by atoms with Gasteiger partial charge in [0.2, 0.25) is 5.88 Å². The highest BCUT2D eigenvalue weighted by Gasteiger charge is 2.25. The Balaban J connectivity index is 1.98. The first-order valence-electron chi connectivity index (χ1n) is 10.2. The molecule has 0 aliphatic rings. The van der Waals surface area contributed by atoms with Crippen molar-refractivity contribution in [2.45, 2.75) is 19.4 Å². The Labute approximate surface area is 193 Å². The zero-order valence-corrected chi connectivity index (χ0v) is 18.8. The number of nitrogens with one attached hydrogen (secondary N) is 2. The van der Waals surface area contributed by atoms with Gasteiger partial charge >= 0.3 is 6.03 Å². The molecule has 0 radical (unpaired) electrons. The van der Waals surface area contributed by atoms with Crippen LogP contribution in [0.2, 0.25) is 0 Å². The van der Waals surface area contributed by atoms with Crippen LogP contribution >= 0.6 is 11.5 Å². The lowest BCUT2D eigenvalue weighted by atomic mass is 10.1. The third-order valence-electron chi connectivity index (χ3n) is 4.60. The zero-order chi connectivity index (χ0) is 24.4. The van der Waals surface area contributed by atoms with Crippen molar-refractivity contribution in [3.8, 4) is 5.88 Å². The van der Waals surface area contributed by atoms with Gasteiger partial charge in [-0.1, -0.05) is 6.07 Å². The van der Waals surface area contributed by atoms with Crippen molar-refractivity contribution in [1.29, 1.82) is 0 Å². The summed E-state index contributed by atoms with van der Waals surface area (Å²) in [6, 6.07) is 2.77. The molecule has 1 aromatic heterocycles. The average Bonchev–Trinajstić information content (AvgIpc) is 3.13. The number of urea groups is 1. The first-order chi connectivity index (χ1) is 15.8. The van der Waals surface area contributed by atoms with Gasteiger partial charge in [-0.3, -0.25) is 15.0 Å². The molecule has 0 bridgehead atoms. The highest BCUT2D eigenvalue weighted by molar-refractivity contribution is 7.11. The topological polar surface area (TPSA) is 150 Å². The number of nitrogens with zero attached hydrogens (tertiary/aromatic N) is 2. The number of primary amides is 1. The monoisotopic (exact) mass is 487 g/mol. The van der Waals surface area contributed by atoms with Crippen molar-refractivity contribution >= 4 is 28.5 Å². The van der Waals surface area contributed by atoms with Gasteiger partial charge in [-0.05, 0) is 43.6 Å². The molecular weight excluding hydrogens is 460 g/mol. The Morgan fingerprint density at radius 3 is 2.42 bits per heavy atom. The minimum atomic E-state index is -1.12. The van der Waals surface area contributed by atoms with Gasteiger partial charge in [0.05, 0.1) is 18.8 Å². The summed E-state index contributed by atoms with van der Waals surface area (Å²) in [6.45, 7) is 2.97. The largest absolute Gasteiger partial charge is 0.468 e. The second-order valence-electron chi connectivity index (χ2n) is 6.97. The molecule has 1 unspecified atom stereocenters. The van der Waals surface area contributed by atoms with Gasteiger partial charge in [0, 0.05) is 19.6 Å². The smallest absolute Gasteiger partial charge is 0.319 e. The SMILES string of the molecule is CC(Oc1nsc(NC(=O)NCCCN(CCO)CCO)c1C(N)=O)c1c(F)cccc1F. The molecule has 2 aromatic rings. The van der Waals surface area contributed by atoms with E-state index in [1.807, 2.05) is 4.90 Å². The Morgan fingerprint density at radius 2 is 1.85 bits per heavy atom. The van der Waals surface area contributed by atoms with E-state index < -0.39 is 29.7 Å². The molecule has 2 rings (SSSR count). The van der Waals surface area contributed by atoms with Crippen molar-refractivity contribution in [2.75, 3.05) is 44.7 Å². The highest BCUT2D eigenvalue weighted by atomic mass is 32.1. The maximum absolute atomic E-state index is 14.0. The molecule has 3 amide bonds. The van der Waals surface area contributed by atoms with E-state index in [0.717, 1.165) is 23.7 Å². The zero-order valence-electron chi connectivity index (χ0n) is 18.0. The molecule has 33 heavy (non-hydrogen) atoms. The number of carbonyl (C=O) groups excluding carboxylic acids is 2. The van der Waals surface area contributed by atoms with Crippen LogP contribution in [0.1, 0.15) is 35.4 Å². The lowest BCUT2D eigenvalue weighted by molar-refractivity contribution is 0.0994. The van der Waals surface area contributed by atoms with Crippen molar-refractivity contribution < 1.29 is 33.3 Å². The van der Waals surface area contributed by atoms with E-state index in [1.165, 1.54) is 13.0 Å². The van der Waals surface area contributed by atoms with Crippen molar-refractivity contribution in [2.24, 2.45) is 5.73 Å². The van der Waals surface area contributed by atoms with E-state index in [2.05, 4.69) is 15.0 Å². The third kappa shape index (κ3) is 7.60. The van der Waals surface area contributed by atoms with Crippen LogP contribution in [0.5, 0.6) is 5.88 Å². The maximum atomic E-state index is 14.0. The van der Waals surface area contributed by atoms with E-state index in [9.17, 15) is 18.4 Å². The molecule has 10 nitrogen and oxygen atoms in total. The summed E-state index contributed by atoms with van der Waals surface area (Å²) in [7, 11) is 0. The number of benzene rings is 1. The Hall–Kier alpha value is -2.87. The number of aliphatic hydroxyl groups is 2. The van der Waals surface area contributed by atoms with Gasteiger partial charge in [0.1, 0.15) is 28.3 Å². The first-order valence-corrected chi connectivity index (χ1v) is 10.9. The summed E-state index contributed by atoms with van der Waals surface area (Å²) >= 11 is 0.737. The number of hydrogen-bond acceptors (Lipinski definition) is 8. The van der Waals surface area contributed by atoms with E-state index in [1.54, 1.807) is 0 Å². The molecule has 1 atom stereocenters. The molecule has 13 heteroatoms. The van der Waals surface area contributed by atoms with Crippen LogP contribution < -0.4 is 21.1 Å². The van der Waals surface area contributed by atoms with Crippen molar-refractivity contribution in [1.82, 2.24) is 14.6 Å². The Kier molecular flexibility index (Phi) is 10.4. The molecule has 1 aromatic carbocycles. The normalized spacial score (nSPS) is 11.9. The fourth-order valence-corrected chi connectivity index (χ4v) is 3.78. The van der Waals surface area contributed by atoms with Gasteiger partial charge in [-0.2, -0.15) is 4.37 Å². The van der Waals surface area contributed by atoms with Gasteiger partial charge in [-0.25, -0.2) is 13.6 Å². The number of amides is 3. The quantitative estimate of drug-likeness (QED) is 0.268. The van der Waals surface area contributed by atoms with Crippen LogP contribution in [-0.2, 0) is 0 Å². The molecule has 0 saturated carbocycles. The van der Waals surface area contributed by atoms with Gasteiger partial charge in [-0.15, -0.1) is 0 Å². The fraction of sp³-hybridized carbons (Fsp3) is 0.450. The highest BCUT2D eigenvalue weighted by Crippen LogP contribution is 2.34. The molecule has 0 aliphatic carbocycles. The van der Waals surface area contributed by atoms with Gasteiger partial charge in [0.25, 0.3) is 5.91 Å². The summed E-state index contributed by atoms with van der Waals surface area (Å²) in [5, 5.41) is 23.1. The average molecular weight is 488 g/mol. The molecule has 0 fully saturated rings. The first kappa shape index (κ1) is 26.4. The summed E-state index contributed by atoms with van der Waals surface area (Å²) < 4.78 is 37.4. The predicted molar refractivity (Wildman–Crippen MR) is 118 cm³/mol. The van der Waals surface area contributed by atoms with Crippen LogP contribution in [0.25, 0.3) is 0 Å². The molecule has 0 spiro atoms. The summed E-state index contributed by atoms with van der Waals surface area (Å²) in [4.78, 5) is 26.0. The van der Waals surface area contributed by atoms with Gasteiger partial charge < -0.3 is 26.0 Å². The van der Waals surface area contributed by atoms with E-state index in [4.69, 9.17) is 20.7 Å². The number of nitrogens with two attached hydrogens (primary N) is 1. The molecule has 1 heterocycles. The number of carbonyl (C=O) groups is 2. The lowest BCUT2D eigenvalue weighted by Gasteiger charge is -2.19. The second kappa shape index (κ2) is 13.0. The number of aromatic nitrogens is 1. The number of aliphatic hydroxyl groups excluding tert-OH is 2. The van der Waals surface area contributed by atoms with Crippen LogP contribution in [-0.4, -0.2) is 70.8 Å². The third-order valence-corrected chi connectivity index (χ3v) is 5.34. The van der Waals surface area contributed by atoms with E-state index in [0.29, 0.717) is 26.1 Å². The lowest BCUT2D eigenvalue weighted by Crippen LogP contribution is -2.35. The fourth-order valence-electron chi connectivity index (χ4n) is 3.05. The Bertz CT molecular complexity index is 919.